The Morgan fingerprint density at radius 1 is 1.43 bits per heavy atom. The highest BCUT2D eigenvalue weighted by Crippen LogP contribution is 2.23. The van der Waals surface area contributed by atoms with Crippen molar-refractivity contribution in [1.29, 1.82) is 0 Å². The zero-order valence-electron chi connectivity index (χ0n) is 11.1. The Morgan fingerprint density at radius 3 is 2.76 bits per heavy atom. The van der Waals surface area contributed by atoms with Crippen LogP contribution in [0.1, 0.15) is 12.8 Å². The van der Waals surface area contributed by atoms with Crippen molar-refractivity contribution in [2.75, 3.05) is 18.4 Å². The lowest BCUT2D eigenvalue weighted by atomic mass is 9.99. The first kappa shape index (κ1) is 17.6. The highest BCUT2D eigenvalue weighted by atomic mass is 35.5. The van der Waals surface area contributed by atoms with Crippen molar-refractivity contribution >= 4 is 24.0 Å². The van der Waals surface area contributed by atoms with E-state index in [1.54, 1.807) is 0 Å². The first-order chi connectivity index (χ1) is 9.56. The Bertz CT molecular complexity index is 482. The van der Waals surface area contributed by atoms with Crippen molar-refractivity contribution < 1.29 is 22.7 Å². The summed E-state index contributed by atoms with van der Waals surface area (Å²) in [5.41, 5.74) is 0.222. The quantitative estimate of drug-likeness (QED) is 0.895. The van der Waals surface area contributed by atoms with E-state index < -0.39 is 18.2 Å². The number of halogens is 4. The predicted octanol–water partition coefficient (Wildman–Crippen LogP) is 2.79. The van der Waals surface area contributed by atoms with E-state index >= 15 is 0 Å². The van der Waals surface area contributed by atoms with Crippen LogP contribution in [0.5, 0.6) is 5.75 Å². The van der Waals surface area contributed by atoms with Gasteiger partial charge in [-0.25, -0.2) is 4.39 Å². The highest BCUT2D eigenvalue weighted by Gasteiger charge is 2.21. The molecule has 1 atom stereocenters. The largest absolute Gasteiger partial charge is 0.432 e. The van der Waals surface area contributed by atoms with E-state index in [4.69, 9.17) is 0 Å². The number of ether oxygens (including phenoxy) is 1. The topological polar surface area (TPSA) is 50.4 Å². The van der Waals surface area contributed by atoms with Crippen LogP contribution < -0.4 is 15.4 Å². The van der Waals surface area contributed by atoms with Crippen molar-refractivity contribution in [3.63, 3.8) is 0 Å². The molecule has 1 fully saturated rings. The number of carbonyl (C=O) groups is 1. The van der Waals surface area contributed by atoms with Gasteiger partial charge in [-0.2, -0.15) is 8.78 Å². The van der Waals surface area contributed by atoms with E-state index in [-0.39, 0.29) is 29.9 Å². The first-order valence-corrected chi connectivity index (χ1v) is 6.32. The summed E-state index contributed by atoms with van der Waals surface area (Å²) in [5.74, 6) is -1.86. The molecule has 1 saturated heterocycles. The number of anilines is 1. The minimum absolute atomic E-state index is 0. The third kappa shape index (κ3) is 5.09. The zero-order chi connectivity index (χ0) is 14.5. The molecule has 21 heavy (non-hydrogen) atoms. The van der Waals surface area contributed by atoms with Crippen LogP contribution in [0.2, 0.25) is 0 Å². The molecule has 0 saturated carbocycles. The molecule has 4 nitrogen and oxygen atoms in total. The third-order valence-electron chi connectivity index (χ3n) is 3.08. The van der Waals surface area contributed by atoms with E-state index in [1.165, 1.54) is 6.07 Å². The number of alkyl halides is 2. The van der Waals surface area contributed by atoms with E-state index in [9.17, 15) is 18.0 Å². The van der Waals surface area contributed by atoms with Gasteiger partial charge in [0.15, 0.2) is 11.6 Å². The number of piperidine rings is 1. The van der Waals surface area contributed by atoms with E-state index in [1.807, 2.05) is 0 Å². The van der Waals surface area contributed by atoms with Crippen molar-refractivity contribution in [2.45, 2.75) is 19.5 Å². The van der Waals surface area contributed by atoms with Gasteiger partial charge in [-0.15, -0.1) is 12.4 Å². The van der Waals surface area contributed by atoms with Gasteiger partial charge in [0, 0.05) is 18.3 Å². The van der Waals surface area contributed by atoms with Crippen LogP contribution in [-0.2, 0) is 4.79 Å². The van der Waals surface area contributed by atoms with Gasteiger partial charge in [-0.3, -0.25) is 4.79 Å². The summed E-state index contributed by atoms with van der Waals surface area (Å²) >= 11 is 0. The summed E-state index contributed by atoms with van der Waals surface area (Å²) in [6, 6.07) is 3.36. The third-order valence-corrected chi connectivity index (χ3v) is 3.08. The fourth-order valence-electron chi connectivity index (χ4n) is 2.09. The summed E-state index contributed by atoms with van der Waals surface area (Å²) in [6.45, 7) is -1.61. The Kier molecular flexibility index (Phi) is 6.77. The molecule has 0 aromatic heterocycles. The van der Waals surface area contributed by atoms with Crippen LogP contribution in [0, 0.1) is 11.7 Å². The molecule has 0 spiro atoms. The van der Waals surface area contributed by atoms with Gasteiger partial charge >= 0.3 is 6.61 Å². The first-order valence-electron chi connectivity index (χ1n) is 6.32. The van der Waals surface area contributed by atoms with Crippen LogP contribution in [0.4, 0.5) is 18.9 Å². The number of hydrogen-bond donors (Lipinski definition) is 2. The normalized spacial score (nSPS) is 18.0. The Labute approximate surface area is 126 Å². The van der Waals surface area contributed by atoms with Gasteiger partial charge in [-0.05, 0) is 31.5 Å². The lowest BCUT2D eigenvalue weighted by molar-refractivity contribution is -0.120. The summed E-state index contributed by atoms with van der Waals surface area (Å²) in [7, 11) is 0. The molecule has 1 amide bonds. The predicted molar refractivity (Wildman–Crippen MR) is 74.5 cm³/mol. The molecular weight excluding hydrogens is 309 g/mol. The maximum Gasteiger partial charge on any atom is 0.387 e. The second kappa shape index (κ2) is 8.09. The van der Waals surface area contributed by atoms with Gasteiger partial charge in [-0.1, -0.05) is 0 Å². The van der Waals surface area contributed by atoms with Crippen molar-refractivity contribution in [3.8, 4) is 5.75 Å². The number of carbonyl (C=O) groups excluding carboxylic acids is 1. The molecule has 2 N–H and O–H groups in total. The second-order valence-corrected chi connectivity index (χ2v) is 4.56. The second-order valence-electron chi connectivity index (χ2n) is 4.56. The van der Waals surface area contributed by atoms with E-state index in [2.05, 4.69) is 15.4 Å². The van der Waals surface area contributed by atoms with Crippen LogP contribution in [0.25, 0.3) is 0 Å². The molecule has 1 heterocycles. The van der Waals surface area contributed by atoms with E-state index in [0.29, 0.717) is 6.54 Å². The molecule has 2 rings (SSSR count). The van der Waals surface area contributed by atoms with Crippen LogP contribution >= 0.6 is 12.4 Å². The fraction of sp³-hybridized carbons (Fsp3) is 0.462. The number of rotatable bonds is 4. The monoisotopic (exact) mass is 324 g/mol. The maximum absolute atomic E-state index is 13.5. The molecular formula is C13H16ClF3N2O2. The summed E-state index contributed by atoms with van der Waals surface area (Å²) in [5, 5.41) is 5.68. The van der Waals surface area contributed by atoms with Gasteiger partial charge in [0.05, 0.1) is 5.92 Å². The maximum atomic E-state index is 13.5. The van der Waals surface area contributed by atoms with Gasteiger partial charge in [0.25, 0.3) is 0 Å². The average molecular weight is 325 g/mol. The average Bonchev–Trinajstić information content (AvgIpc) is 2.42. The Balaban J connectivity index is 0.00000220. The van der Waals surface area contributed by atoms with Crippen LogP contribution in [0.3, 0.4) is 0 Å². The lowest BCUT2D eigenvalue weighted by Crippen LogP contribution is -2.37. The minimum Gasteiger partial charge on any atom is -0.432 e. The van der Waals surface area contributed by atoms with Crippen LogP contribution in [0.15, 0.2) is 18.2 Å². The summed E-state index contributed by atoms with van der Waals surface area (Å²) in [6.07, 6.45) is 1.68. The van der Waals surface area contributed by atoms with Crippen molar-refractivity contribution in [2.24, 2.45) is 5.92 Å². The zero-order valence-corrected chi connectivity index (χ0v) is 11.9. The van der Waals surface area contributed by atoms with Gasteiger partial charge < -0.3 is 15.4 Å². The molecule has 0 radical (unpaired) electrons. The molecule has 0 unspecified atom stereocenters. The highest BCUT2D eigenvalue weighted by molar-refractivity contribution is 5.92. The standard InChI is InChI=1S/C13H15F3N2O2.ClH/c14-10-6-9(3-4-11(10)20-13(15)16)18-12(19)8-2-1-5-17-7-8;/h3-4,6,8,13,17H,1-2,5,7H2,(H,18,19);1H/t8-;/m1./s1. The molecule has 1 aromatic rings. The Hall–Kier alpha value is -1.47. The van der Waals surface area contributed by atoms with Crippen molar-refractivity contribution in [1.82, 2.24) is 5.32 Å². The molecule has 8 heteroatoms. The molecule has 0 aliphatic carbocycles. The molecule has 1 aliphatic rings. The number of hydrogen-bond acceptors (Lipinski definition) is 3. The fourth-order valence-corrected chi connectivity index (χ4v) is 2.09. The number of amides is 1. The molecule has 1 aliphatic heterocycles. The van der Waals surface area contributed by atoms with E-state index in [0.717, 1.165) is 31.5 Å². The lowest BCUT2D eigenvalue weighted by Gasteiger charge is -2.22. The number of nitrogens with one attached hydrogen (secondary N) is 2. The number of benzene rings is 1. The summed E-state index contributed by atoms with van der Waals surface area (Å²) in [4.78, 5) is 11.9. The van der Waals surface area contributed by atoms with Gasteiger partial charge in [0.1, 0.15) is 0 Å². The molecule has 1 aromatic carbocycles. The van der Waals surface area contributed by atoms with Crippen molar-refractivity contribution in [3.05, 3.63) is 24.0 Å². The Morgan fingerprint density at radius 2 is 2.19 bits per heavy atom. The molecule has 0 bridgehead atoms. The smallest absolute Gasteiger partial charge is 0.387 e. The summed E-state index contributed by atoms with van der Waals surface area (Å²) < 4.78 is 41.4. The molecule has 118 valence electrons. The van der Waals surface area contributed by atoms with Gasteiger partial charge in [0.2, 0.25) is 5.91 Å². The van der Waals surface area contributed by atoms with Crippen LogP contribution in [-0.4, -0.2) is 25.6 Å². The minimum atomic E-state index is -3.08. The SMILES string of the molecule is Cl.O=C(Nc1ccc(OC(F)F)c(F)c1)[C@@H]1CCCNC1.